The highest BCUT2D eigenvalue weighted by atomic mass is 16.5. The number of hydrogen-bond acceptors (Lipinski definition) is 2. The van der Waals surface area contributed by atoms with Crippen molar-refractivity contribution in [2.45, 2.75) is 39.7 Å². The zero-order valence-corrected chi connectivity index (χ0v) is 12.3. The van der Waals surface area contributed by atoms with Crippen LogP contribution in [0.2, 0.25) is 0 Å². The van der Waals surface area contributed by atoms with Gasteiger partial charge in [-0.3, -0.25) is 0 Å². The largest absolute Gasteiger partial charge is 0.490 e. The van der Waals surface area contributed by atoms with Crippen LogP contribution >= 0.6 is 0 Å². The number of quaternary nitrogens is 1. The normalized spacial score (nSPS) is 17.7. The van der Waals surface area contributed by atoms with Gasteiger partial charge < -0.3 is 14.7 Å². The summed E-state index contributed by atoms with van der Waals surface area (Å²) in [5, 5.41) is 10.1. The summed E-state index contributed by atoms with van der Waals surface area (Å²) >= 11 is 0. The lowest BCUT2D eigenvalue weighted by Crippen LogP contribution is -3.11. The van der Waals surface area contributed by atoms with Crippen molar-refractivity contribution in [3.63, 3.8) is 0 Å². The number of ether oxygens (including phenoxy) is 1. The Bertz CT molecular complexity index is 425. The minimum Gasteiger partial charge on any atom is -0.490 e. The van der Waals surface area contributed by atoms with Crippen LogP contribution in [0.25, 0.3) is 0 Å². The van der Waals surface area contributed by atoms with Crippen molar-refractivity contribution < 1.29 is 14.7 Å². The SMILES string of the molecule is Cc1cc(C)c(C)c(OC[C@H](O)C[NH+]2CCCC2)c1. The van der Waals surface area contributed by atoms with Gasteiger partial charge in [-0.1, -0.05) is 6.07 Å². The maximum Gasteiger partial charge on any atom is 0.137 e. The number of nitrogens with one attached hydrogen (secondary N) is 1. The molecule has 19 heavy (non-hydrogen) atoms. The molecule has 0 unspecified atom stereocenters. The maximum absolute atomic E-state index is 10.1. The Kier molecular flexibility index (Phi) is 4.83. The van der Waals surface area contributed by atoms with E-state index < -0.39 is 0 Å². The van der Waals surface area contributed by atoms with Crippen LogP contribution in [-0.2, 0) is 0 Å². The van der Waals surface area contributed by atoms with Crippen molar-refractivity contribution in [3.8, 4) is 5.75 Å². The summed E-state index contributed by atoms with van der Waals surface area (Å²) in [6, 6.07) is 4.21. The first-order valence-corrected chi connectivity index (χ1v) is 7.28. The number of likely N-dealkylation sites (tertiary alicyclic amines) is 1. The Morgan fingerprint density at radius 2 is 1.89 bits per heavy atom. The minimum absolute atomic E-state index is 0.367. The summed E-state index contributed by atoms with van der Waals surface area (Å²) < 4.78 is 5.81. The van der Waals surface area contributed by atoms with Gasteiger partial charge in [0.15, 0.2) is 0 Å². The Hall–Kier alpha value is -1.06. The third-order valence-corrected chi connectivity index (χ3v) is 4.03. The van der Waals surface area contributed by atoms with Gasteiger partial charge in [-0.15, -0.1) is 0 Å². The van der Waals surface area contributed by atoms with E-state index in [4.69, 9.17) is 4.74 Å². The van der Waals surface area contributed by atoms with E-state index in [0.717, 1.165) is 12.3 Å². The lowest BCUT2D eigenvalue weighted by molar-refractivity contribution is -0.890. The molecule has 1 atom stereocenters. The Labute approximate surface area is 116 Å². The van der Waals surface area contributed by atoms with E-state index in [1.54, 1.807) is 0 Å². The molecule has 2 rings (SSSR count). The molecule has 1 heterocycles. The van der Waals surface area contributed by atoms with Crippen molar-refractivity contribution in [3.05, 3.63) is 28.8 Å². The predicted octanol–water partition coefficient (Wildman–Crippen LogP) is 1.03. The molecule has 0 saturated carbocycles. The molecule has 0 spiro atoms. The first-order chi connectivity index (χ1) is 9.06. The molecule has 1 saturated heterocycles. The molecule has 0 aromatic heterocycles. The molecule has 1 aromatic carbocycles. The van der Waals surface area contributed by atoms with Crippen LogP contribution in [-0.4, -0.2) is 37.5 Å². The lowest BCUT2D eigenvalue weighted by atomic mass is 10.1. The van der Waals surface area contributed by atoms with Crippen molar-refractivity contribution in [1.29, 1.82) is 0 Å². The Morgan fingerprint density at radius 3 is 2.58 bits per heavy atom. The van der Waals surface area contributed by atoms with Crippen molar-refractivity contribution in [1.82, 2.24) is 0 Å². The van der Waals surface area contributed by atoms with Gasteiger partial charge in [0.05, 0.1) is 13.1 Å². The fourth-order valence-electron chi connectivity index (χ4n) is 2.81. The van der Waals surface area contributed by atoms with Crippen LogP contribution in [0.1, 0.15) is 29.5 Å². The van der Waals surface area contributed by atoms with Gasteiger partial charge in [0, 0.05) is 12.8 Å². The van der Waals surface area contributed by atoms with Gasteiger partial charge in [0.2, 0.25) is 0 Å². The molecular formula is C16H26NO2+. The quantitative estimate of drug-likeness (QED) is 0.833. The number of aryl methyl sites for hydroxylation is 2. The van der Waals surface area contributed by atoms with Gasteiger partial charge in [0.25, 0.3) is 0 Å². The van der Waals surface area contributed by atoms with Gasteiger partial charge in [-0.2, -0.15) is 0 Å². The highest BCUT2D eigenvalue weighted by molar-refractivity contribution is 5.41. The van der Waals surface area contributed by atoms with Crippen LogP contribution in [0.4, 0.5) is 0 Å². The van der Waals surface area contributed by atoms with Crippen molar-refractivity contribution >= 4 is 0 Å². The summed E-state index contributed by atoms with van der Waals surface area (Å²) in [7, 11) is 0. The van der Waals surface area contributed by atoms with Crippen molar-refractivity contribution in [2.75, 3.05) is 26.2 Å². The van der Waals surface area contributed by atoms with Crippen LogP contribution in [0.15, 0.2) is 12.1 Å². The number of rotatable bonds is 5. The van der Waals surface area contributed by atoms with E-state index in [9.17, 15) is 5.11 Å². The molecule has 0 radical (unpaired) electrons. The second-order valence-corrected chi connectivity index (χ2v) is 5.83. The summed E-state index contributed by atoms with van der Waals surface area (Å²) in [4.78, 5) is 1.51. The molecule has 0 amide bonds. The van der Waals surface area contributed by atoms with Crippen LogP contribution in [0.3, 0.4) is 0 Å². The first-order valence-electron chi connectivity index (χ1n) is 7.28. The van der Waals surface area contributed by atoms with E-state index in [-0.39, 0.29) is 6.10 Å². The van der Waals surface area contributed by atoms with Crippen molar-refractivity contribution in [2.24, 2.45) is 0 Å². The number of hydrogen-bond donors (Lipinski definition) is 2. The molecule has 0 aliphatic carbocycles. The van der Waals surface area contributed by atoms with E-state index in [0.29, 0.717) is 6.61 Å². The Balaban J connectivity index is 1.87. The first kappa shape index (κ1) is 14.4. The van der Waals surface area contributed by atoms with E-state index in [1.807, 2.05) is 0 Å². The molecular weight excluding hydrogens is 238 g/mol. The Morgan fingerprint density at radius 1 is 1.21 bits per heavy atom. The summed E-state index contributed by atoms with van der Waals surface area (Å²) in [6.45, 7) is 9.84. The summed E-state index contributed by atoms with van der Waals surface area (Å²) in [5.41, 5.74) is 3.62. The summed E-state index contributed by atoms with van der Waals surface area (Å²) in [5.74, 6) is 0.910. The predicted molar refractivity (Wildman–Crippen MR) is 77.0 cm³/mol. The van der Waals surface area contributed by atoms with Gasteiger partial charge >= 0.3 is 0 Å². The molecule has 3 heteroatoms. The smallest absolute Gasteiger partial charge is 0.137 e. The third kappa shape index (κ3) is 3.95. The zero-order valence-electron chi connectivity index (χ0n) is 12.3. The molecule has 1 aromatic rings. The standard InChI is InChI=1S/C16H25NO2/c1-12-8-13(2)14(3)16(9-12)19-11-15(18)10-17-6-4-5-7-17/h8-9,15,18H,4-7,10-11H2,1-3H3/p+1/t15-/m1/s1. The highest BCUT2D eigenvalue weighted by Gasteiger charge is 2.19. The summed E-state index contributed by atoms with van der Waals surface area (Å²) in [6.07, 6.45) is 2.21. The molecule has 1 aliphatic rings. The molecule has 0 bridgehead atoms. The highest BCUT2D eigenvalue weighted by Crippen LogP contribution is 2.23. The van der Waals surface area contributed by atoms with Gasteiger partial charge in [-0.05, 0) is 43.5 Å². The topological polar surface area (TPSA) is 33.9 Å². The number of aliphatic hydroxyl groups is 1. The molecule has 2 N–H and O–H groups in total. The maximum atomic E-state index is 10.1. The second-order valence-electron chi connectivity index (χ2n) is 5.83. The van der Waals surface area contributed by atoms with E-state index >= 15 is 0 Å². The lowest BCUT2D eigenvalue weighted by Gasteiger charge is -2.18. The monoisotopic (exact) mass is 264 g/mol. The molecule has 106 valence electrons. The number of benzene rings is 1. The molecule has 1 fully saturated rings. The zero-order chi connectivity index (χ0) is 13.8. The molecule has 3 nitrogen and oxygen atoms in total. The average Bonchev–Trinajstić information content (AvgIpc) is 2.84. The minimum atomic E-state index is -0.367. The fraction of sp³-hybridized carbons (Fsp3) is 0.625. The van der Waals surface area contributed by atoms with Crippen LogP contribution in [0.5, 0.6) is 5.75 Å². The molecule has 1 aliphatic heterocycles. The van der Waals surface area contributed by atoms with E-state index in [2.05, 4.69) is 32.9 Å². The van der Waals surface area contributed by atoms with Crippen LogP contribution in [0, 0.1) is 20.8 Å². The second kappa shape index (κ2) is 6.40. The van der Waals surface area contributed by atoms with Gasteiger partial charge in [-0.25, -0.2) is 0 Å². The fourth-order valence-corrected chi connectivity index (χ4v) is 2.81. The van der Waals surface area contributed by atoms with Crippen LogP contribution < -0.4 is 9.64 Å². The average molecular weight is 264 g/mol. The van der Waals surface area contributed by atoms with Gasteiger partial charge in [0.1, 0.15) is 25.0 Å². The van der Waals surface area contributed by atoms with E-state index in [1.165, 1.54) is 47.5 Å². The third-order valence-electron chi connectivity index (χ3n) is 4.03. The number of aliphatic hydroxyl groups excluding tert-OH is 1.